The molecule has 0 saturated carbocycles. The van der Waals surface area contributed by atoms with Crippen molar-refractivity contribution in [2.75, 3.05) is 39.3 Å². The first kappa shape index (κ1) is 32.7. The van der Waals surface area contributed by atoms with E-state index in [0.717, 1.165) is 45.2 Å². The van der Waals surface area contributed by atoms with Crippen LogP contribution in [-0.2, 0) is 15.1 Å². The molecule has 0 radical (unpaired) electrons. The molecule has 3 fully saturated rings. The number of phenolic OH excluding ortho intramolecular Hbond substituents is 1. The number of carbonyl (C=O) groups excluding carboxylic acids is 1. The highest BCUT2D eigenvalue weighted by atomic mass is 16.6. The van der Waals surface area contributed by atoms with E-state index in [2.05, 4.69) is 15.2 Å². The van der Waals surface area contributed by atoms with Crippen LogP contribution in [0.1, 0.15) is 54.9 Å². The summed E-state index contributed by atoms with van der Waals surface area (Å²) in [7, 11) is 0. The van der Waals surface area contributed by atoms with Gasteiger partial charge in [-0.1, -0.05) is 48.5 Å². The lowest BCUT2D eigenvalue weighted by Crippen LogP contribution is -2.53. The minimum atomic E-state index is -1.97. The average Bonchev–Trinajstić information content (AvgIpc) is 3.10. The van der Waals surface area contributed by atoms with E-state index >= 15 is 0 Å². The lowest BCUT2D eigenvalue weighted by Gasteiger charge is -2.44. The Morgan fingerprint density at radius 3 is 2.53 bits per heavy atom. The van der Waals surface area contributed by atoms with E-state index in [1.54, 1.807) is 54.6 Å². The summed E-state index contributed by atoms with van der Waals surface area (Å²) < 4.78 is 12.1. The summed E-state index contributed by atoms with van der Waals surface area (Å²) in [4.78, 5) is 30.3. The second kappa shape index (κ2) is 14.7. The minimum Gasteiger partial charge on any atom is -0.506 e. The Morgan fingerprint density at radius 2 is 1.77 bits per heavy atom. The minimum absolute atomic E-state index is 0.0374. The summed E-state index contributed by atoms with van der Waals surface area (Å²) in [5.74, 6) is 0.193. The second-order valence-electron chi connectivity index (χ2n) is 12.6. The number of esters is 1. The number of aromatic hydroxyl groups is 1. The molecule has 2 bridgehead atoms. The van der Waals surface area contributed by atoms with Gasteiger partial charge in [-0.25, -0.2) is 4.79 Å². The van der Waals surface area contributed by atoms with Crippen LogP contribution in [-0.4, -0.2) is 76.6 Å². The number of carbonyl (C=O) groups is 1. The van der Waals surface area contributed by atoms with Gasteiger partial charge >= 0.3 is 5.97 Å². The molecule has 7 rings (SSSR count). The van der Waals surface area contributed by atoms with Crippen molar-refractivity contribution in [1.29, 1.82) is 0 Å². The van der Waals surface area contributed by atoms with Crippen molar-refractivity contribution in [2.45, 2.75) is 49.9 Å². The van der Waals surface area contributed by atoms with Gasteiger partial charge in [-0.2, -0.15) is 0 Å². The molecule has 10 nitrogen and oxygen atoms in total. The Morgan fingerprint density at radius 1 is 0.979 bits per heavy atom. The van der Waals surface area contributed by atoms with Crippen molar-refractivity contribution in [1.82, 2.24) is 15.2 Å². The maximum absolute atomic E-state index is 13.7. The van der Waals surface area contributed by atoms with E-state index in [9.17, 15) is 24.9 Å². The van der Waals surface area contributed by atoms with Crippen molar-refractivity contribution in [3.63, 3.8) is 0 Å². The Balaban J connectivity index is 0.992. The third-order valence-electron chi connectivity index (χ3n) is 9.46. The molecule has 3 saturated heterocycles. The largest absolute Gasteiger partial charge is 0.506 e. The first-order valence-corrected chi connectivity index (χ1v) is 16.5. The number of fused-ring (bicyclic) bond motifs is 4. The van der Waals surface area contributed by atoms with Crippen LogP contribution in [0.2, 0.25) is 0 Å². The molecule has 3 atom stereocenters. The number of hydrogen-bond acceptors (Lipinski definition) is 9. The highest BCUT2D eigenvalue weighted by Gasteiger charge is 2.45. The van der Waals surface area contributed by atoms with Crippen LogP contribution < -0.4 is 15.6 Å². The van der Waals surface area contributed by atoms with E-state index in [0.29, 0.717) is 65.5 Å². The van der Waals surface area contributed by atoms with Gasteiger partial charge in [0.2, 0.25) is 11.2 Å². The summed E-state index contributed by atoms with van der Waals surface area (Å²) in [6.07, 6.45) is 3.55. The van der Waals surface area contributed by atoms with Gasteiger partial charge in [0.15, 0.2) is 0 Å². The molecular formula is C37H43N3O7. The Bertz CT molecular complexity index is 1720. The summed E-state index contributed by atoms with van der Waals surface area (Å²) >= 11 is 0. The van der Waals surface area contributed by atoms with E-state index < -0.39 is 17.7 Å². The Hall–Kier alpha value is -4.22. The van der Waals surface area contributed by atoms with Crippen molar-refractivity contribution in [3.05, 3.63) is 106 Å². The number of ether oxygens (including phenoxy) is 2. The van der Waals surface area contributed by atoms with Crippen molar-refractivity contribution in [2.24, 2.45) is 5.92 Å². The van der Waals surface area contributed by atoms with E-state index in [4.69, 9.17) is 9.47 Å². The van der Waals surface area contributed by atoms with Crippen molar-refractivity contribution in [3.8, 4) is 11.5 Å². The number of aliphatic hydroxyl groups is 2. The first-order chi connectivity index (χ1) is 22.8. The number of nitrogens with zero attached hydrogens (tertiary/aromatic N) is 1. The number of pyridine rings is 1. The van der Waals surface area contributed by atoms with Crippen LogP contribution in [0.5, 0.6) is 11.5 Å². The smallest absolute Gasteiger partial charge is 0.348 e. The van der Waals surface area contributed by atoms with Gasteiger partial charge in [0.05, 0.1) is 18.2 Å². The number of aromatic amines is 1. The quantitative estimate of drug-likeness (QED) is 0.102. The molecule has 1 aromatic heterocycles. The number of phenols is 1. The van der Waals surface area contributed by atoms with E-state index in [1.165, 1.54) is 12.1 Å². The highest BCUT2D eigenvalue weighted by Crippen LogP contribution is 2.36. The van der Waals surface area contributed by atoms with Gasteiger partial charge in [-0.15, -0.1) is 0 Å². The fraction of sp³-hybridized carbons (Fsp3) is 0.405. The second-order valence-corrected chi connectivity index (χ2v) is 12.6. The molecule has 3 unspecified atom stereocenters. The van der Waals surface area contributed by atoms with Crippen molar-refractivity contribution >= 4 is 16.9 Å². The molecular weight excluding hydrogens is 598 g/mol. The van der Waals surface area contributed by atoms with Gasteiger partial charge in [-0.3, -0.25) is 9.69 Å². The van der Waals surface area contributed by atoms with Crippen LogP contribution in [0.3, 0.4) is 0 Å². The molecule has 47 heavy (non-hydrogen) atoms. The number of H-pyrrole nitrogens is 1. The number of nitrogens with one attached hydrogen (secondary N) is 2. The number of benzene rings is 3. The number of rotatable bonds is 14. The predicted molar refractivity (Wildman–Crippen MR) is 178 cm³/mol. The fourth-order valence-corrected chi connectivity index (χ4v) is 6.78. The van der Waals surface area contributed by atoms with Gasteiger partial charge in [-0.05, 0) is 93.0 Å². The predicted octanol–water partition coefficient (Wildman–Crippen LogP) is 3.98. The zero-order chi connectivity index (χ0) is 32.8. The molecule has 5 N–H and O–H groups in total. The summed E-state index contributed by atoms with van der Waals surface area (Å²) in [6.45, 7) is 4.27. The normalized spacial score (nSPS) is 20.9. The molecule has 3 aliphatic heterocycles. The molecule has 4 aromatic rings. The van der Waals surface area contributed by atoms with Gasteiger partial charge in [0.25, 0.3) is 0 Å². The number of hydrogen-bond donors (Lipinski definition) is 5. The lowest BCUT2D eigenvalue weighted by molar-refractivity contribution is -0.177. The first-order valence-electron chi connectivity index (χ1n) is 16.5. The monoisotopic (exact) mass is 641 g/mol. The summed E-state index contributed by atoms with van der Waals surface area (Å²) in [6, 6.07) is 22.1. The molecule has 3 aromatic carbocycles. The molecule has 3 aliphatic rings. The summed E-state index contributed by atoms with van der Waals surface area (Å²) in [5.41, 5.74) is -0.482. The average molecular weight is 642 g/mol. The van der Waals surface area contributed by atoms with Gasteiger partial charge in [0, 0.05) is 30.1 Å². The number of aromatic nitrogens is 1. The van der Waals surface area contributed by atoms with Gasteiger partial charge < -0.3 is 35.1 Å². The van der Waals surface area contributed by atoms with E-state index in [-0.39, 0.29) is 17.4 Å². The third kappa shape index (κ3) is 7.36. The summed E-state index contributed by atoms with van der Waals surface area (Å²) in [5, 5.41) is 36.7. The topological polar surface area (TPSA) is 144 Å². The maximum atomic E-state index is 13.7. The molecule has 0 spiro atoms. The molecule has 248 valence electrons. The van der Waals surface area contributed by atoms with Crippen LogP contribution >= 0.6 is 0 Å². The van der Waals surface area contributed by atoms with Crippen LogP contribution in [0, 0.1) is 5.92 Å². The standard InChI is InChI=1S/C37H43N3O7/c41-31-14-12-29(30-13-15-34(43)39-35(30)31)32(42)23-38-18-5-2-6-21-46-28-11-7-10-27(22-28)37(45,26-8-3-1-4-9-26)36(44)47-33-24-40-19-16-25(33)17-20-40/h1,3-4,7-15,22,25,32-33,38,41-42,45H,2,5-6,16-21,23-24H2,(H,39,43). The van der Waals surface area contributed by atoms with Crippen LogP contribution in [0.4, 0.5) is 0 Å². The molecule has 4 heterocycles. The zero-order valence-electron chi connectivity index (χ0n) is 26.4. The number of aliphatic hydroxyl groups excluding tert-OH is 1. The van der Waals surface area contributed by atoms with Gasteiger partial charge in [0.1, 0.15) is 17.6 Å². The third-order valence-corrected chi connectivity index (χ3v) is 9.46. The van der Waals surface area contributed by atoms with Crippen LogP contribution in [0.15, 0.2) is 83.7 Å². The molecule has 10 heteroatoms. The number of piperidine rings is 3. The van der Waals surface area contributed by atoms with Crippen LogP contribution in [0.25, 0.3) is 10.9 Å². The fourth-order valence-electron chi connectivity index (χ4n) is 6.78. The Kier molecular flexibility index (Phi) is 10.2. The van der Waals surface area contributed by atoms with Crippen molar-refractivity contribution < 1.29 is 29.6 Å². The molecule has 0 amide bonds. The number of unbranched alkanes of at least 4 members (excludes halogenated alkanes) is 2. The van der Waals surface area contributed by atoms with E-state index in [1.807, 2.05) is 12.1 Å². The highest BCUT2D eigenvalue weighted by molar-refractivity contribution is 5.87. The Labute approximate surface area is 274 Å². The lowest BCUT2D eigenvalue weighted by atomic mass is 9.84. The maximum Gasteiger partial charge on any atom is 0.348 e. The zero-order valence-corrected chi connectivity index (χ0v) is 26.4. The SMILES string of the molecule is O=C(OC1CN2CCC1CC2)C(O)(c1ccccc1)c1cccc(OCCCCCNCC(O)c2ccc(O)c3[nH]c(=O)ccc23)c1. The molecule has 0 aliphatic carbocycles.